The van der Waals surface area contributed by atoms with Gasteiger partial charge in [0.1, 0.15) is 5.75 Å². The van der Waals surface area contributed by atoms with E-state index in [0.717, 1.165) is 42.1 Å². The van der Waals surface area contributed by atoms with E-state index in [-0.39, 0.29) is 30.7 Å². The maximum Gasteiger partial charge on any atom is 0.243 e. The van der Waals surface area contributed by atoms with E-state index in [9.17, 15) is 9.59 Å². The number of carbonyl (C=O) groups is 2. The number of hydrogen-bond acceptors (Lipinski definition) is 5. The van der Waals surface area contributed by atoms with E-state index in [1.807, 2.05) is 48.5 Å². The van der Waals surface area contributed by atoms with Crippen LogP contribution >= 0.6 is 0 Å². The molecule has 0 aliphatic carbocycles. The molecule has 7 heteroatoms. The van der Waals surface area contributed by atoms with E-state index < -0.39 is 0 Å². The summed E-state index contributed by atoms with van der Waals surface area (Å²) >= 11 is 0. The first-order valence-corrected chi connectivity index (χ1v) is 11.6. The Balaban J connectivity index is 1.53. The molecule has 0 saturated heterocycles. The Morgan fingerprint density at radius 2 is 1.85 bits per heavy atom. The van der Waals surface area contributed by atoms with Crippen LogP contribution in [-0.4, -0.2) is 60.7 Å². The van der Waals surface area contributed by atoms with E-state index in [2.05, 4.69) is 35.2 Å². The number of hydrogen-bond donors (Lipinski definition) is 1. The van der Waals surface area contributed by atoms with Crippen LogP contribution in [0.15, 0.2) is 59.7 Å². The van der Waals surface area contributed by atoms with E-state index in [4.69, 9.17) is 4.74 Å². The van der Waals surface area contributed by atoms with Crippen molar-refractivity contribution in [3.05, 3.63) is 65.7 Å². The normalized spacial score (nSPS) is 14.2. The average Bonchev–Trinajstić information content (AvgIpc) is 3.36. The zero-order valence-electron chi connectivity index (χ0n) is 19.8. The monoisotopic (exact) mass is 450 g/mol. The third-order valence-corrected chi connectivity index (χ3v) is 5.99. The number of carbonyl (C=O) groups excluding carboxylic acids is 2. The average molecular weight is 451 g/mol. The highest BCUT2D eigenvalue weighted by molar-refractivity contribution is 6.02. The van der Waals surface area contributed by atoms with Crippen LogP contribution in [0, 0.1) is 0 Å². The van der Waals surface area contributed by atoms with Crippen LogP contribution in [0.2, 0.25) is 0 Å². The van der Waals surface area contributed by atoms with E-state index >= 15 is 0 Å². The molecular formula is C26H34N4O3. The highest BCUT2D eigenvalue weighted by Gasteiger charge is 2.23. The molecule has 33 heavy (non-hydrogen) atoms. The number of methoxy groups -OCH3 is 1. The molecule has 0 spiro atoms. The number of nitrogens with one attached hydrogen (secondary N) is 1. The Kier molecular flexibility index (Phi) is 9.01. The molecule has 1 heterocycles. The number of rotatable bonds is 11. The second-order valence-corrected chi connectivity index (χ2v) is 8.00. The molecule has 0 aromatic heterocycles. The highest BCUT2D eigenvalue weighted by atomic mass is 16.5. The van der Waals surface area contributed by atoms with Crippen LogP contribution in [0.4, 0.5) is 0 Å². The smallest absolute Gasteiger partial charge is 0.243 e. The number of ether oxygens (including phenoxy) is 1. The summed E-state index contributed by atoms with van der Waals surface area (Å²) < 4.78 is 5.37. The first-order valence-electron chi connectivity index (χ1n) is 11.6. The van der Waals surface area contributed by atoms with Gasteiger partial charge in [-0.05, 0) is 36.3 Å². The standard InChI is InChI=1S/C26H34N4O3/c1-4-29(5-2)24(21-12-9-13-22(18-21)33-3)19-27-25(31)14-15-26(32)30-17-16-23(28-30)20-10-7-6-8-11-20/h6-13,18,24H,4-5,14-17,19H2,1-3H3,(H,27,31). The van der Waals surface area contributed by atoms with Gasteiger partial charge < -0.3 is 10.1 Å². The van der Waals surface area contributed by atoms with E-state index in [0.29, 0.717) is 13.1 Å². The molecule has 0 bridgehead atoms. The Hall–Kier alpha value is -3.19. The fourth-order valence-corrected chi connectivity index (χ4v) is 4.09. The Morgan fingerprint density at radius 1 is 1.09 bits per heavy atom. The fraction of sp³-hybridized carbons (Fsp3) is 0.423. The second-order valence-electron chi connectivity index (χ2n) is 8.00. The van der Waals surface area contributed by atoms with Crippen molar-refractivity contribution in [2.75, 3.05) is 33.3 Å². The lowest BCUT2D eigenvalue weighted by Crippen LogP contribution is -2.38. The maximum absolute atomic E-state index is 12.6. The summed E-state index contributed by atoms with van der Waals surface area (Å²) in [4.78, 5) is 27.4. The molecule has 3 rings (SSSR count). The van der Waals surface area contributed by atoms with Gasteiger partial charge in [0.25, 0.3) is 0 Å². The van der Waals surface area contributed by atoms with Crippen LogP contribution in [0.5, 0.6) is 5.75 Å². The largest absolute Gasteiger partial charge is 0.497 e. The molecule has 2 aromatic rings. The molecule has 0 radical (unpaired) electrons. The van der Waals surface area contributed by atoms with Gasteiger partial charge in [-0.15, -0.1) is 0 Å². The Morgan fingerprint density at radius 3 is 2.55 bits per heavy atom. The molecule has 1 aliphatic rings. The van der Waals surface area contributed by atoms with Crippen LogP contribution < -0.4 is 10.1 Å². The van der Waals surface area contributed by atoms with E-state index in [1.54, 1.807) is 7.11 Å². The van der Waals surface area contributed by atoms with Gasteiger partial charge in [-0.25, -0.2) is 5.01 Å². The van der Waals surface area contributed by atoms with Gasteiger partial charge in [-0.1, -0.05) is 56.3 Å². The van der Waals surface area contributed by atoms with Crippen molar-refractivity contribution in [3.8, 4) is 5.75 Å². The van der Waals surface area contributed by atoms with Crippen molar-refractivity contribution in [1.82, 2.24) is 15.2 Å². The lowest BCUT2D eigenvalue weighted by molar-refractivity contribution is -0.133. The first kappa shape index (κ1) is 24.5. The summed E-state index contributed by atoms with van der Waals surface area (Å²) in [6, 6.07) is 17.8. The summed E-state index contributed by atoms with van der Waals surface area (Å²) in [6.07, 6.45) is 1.02. The van der Waals surface area contributed by atoms with Crippen molar-refractivity contribution >= 4 is 17.5 Å². The molecule has 7 nitrogen and oxygen atoms in total. The molecule has 2 amide bonds. The van der Waals surface area contributed by atoms with Crippen molar-refractivity contribution in [1.29, 1.82) is 0 Å². The van der Waals surface area contributed by atoms with Crippen LogP contribution in [0.3, 0.4) is 0 Å². The summed E-state index contributed by atoms with van der Waals surface area (Å²) in [5.74, 6) is 0.543. The van der Waals surface area contributed by atoms with Crippen molar-refractivity contribution < 1.29 is 14.3 Å². The van der Waals surface area contributed by atoms with Gasteiger partial charge in [0.15, 0.2) is 0 Å². The van der Waals surface area contributed by atoms with Crippen LogP contribution in [0.25, 0.3) is 0 Å². The molecule has 0 saturated carbocycles. The topological polar surface area (TPSA) is 74.2 Å². The number of likely N-dealkylation sites (N-methyl/N-ethyl adjacent to an activating group) is 1. The minimum Gasteiger partial charge on any atom is -0.497 e. The van der Waals surface area contributed by atoms with Crippen LogP contribution in [-0.2, 0) is 9.59 Å². The highest BCUT2D eigenvalue weighted by Crippen LogP contribution is 2.24. The lowest BCUT2D eigenvalue weighted by atomic mass is 10.0. The predicted molar refractivity (Wildman–Crippen MR) is 130 cm³/mol. The molecule has 1 atom stereocenters. The van der Waals surface area contributed by atoms with Gasteiger partial charge in [0.05, 0.1) is 25.4 Å². The van der Waals surface area contributed by atoms with E-state index in [1.165, 1.54) is 5.01 Å². The number of benzene rings is 2. The summed E-state index contributed by atoms with van der Waals surface area (Å²) in [7, 11) is 1.65. The molecular weight excluding hydrogens is 416 g/mol. The van der Waals surface area contributed by atoms with Crippen LogP contribution in [0.1, 0.15) is 50.3 Å². The Bertz CT molecular complexity index is 957. The molecule has 1 unspecified atom stereocenters. The van der Waals surface area contributed by atoms with Crippen molar-refractivity contribution in [3.63, 3.8) is 0 Å². The molecule has 2 aromatic carbocycles. The predicted octanol–water partition coefficient (Wildman–Crippen LogP) is 3.61. The number of amides is 2. The lowest BCUT2D eigenvalue weighted by Gasteiger charge is -2.30. The minimum atomic E-state index is -0.130. The minimum absolute atomic E-state index is 0.0337. The third-order valence-electron chi connectivity index (χ3n) is 5.99. The quantitative estimate of drug-likeness (QED) is 0.568. The van der Waals surface area contributed by atoms with Gasteiger partial charge >= 0.3 is 0 Å². The molecule has 1 aliphatic heterocycles. The number of nitrogens with zero attached hydrogens (tertiary/aromatic N) is 3. The molecule has 0 fully saturated rings. The Labute approximate surface area is 196 Å². The zero-order valence-corrected chi connectivity index (χ0v) is 19.8. The molecule has 1 N–H and O–H groups in total. The number of hydrazone groups is 1. The zero-order chi connectivity index (χ0) is 23.6. The first-order chi connectivity index (χ1) is 16.0. The van der Waals surface area contributed by atoms with Gasteiger partial charge in [-0.3, -0.25) is 14.5 Å². The SMILES string of the molecule is CCN(CC)C(CNC(=O)CCC(=O)N1CCC(c2ccccc2)=N1)c1cccc(OC)c1. The van der Waals surface area contributed by atoms with Crippen molar-refractivity contribution in [2.24, 2.45) is 5.10 Å². The maximum atomic E-state index is 12.6. The summed E-state index contributed by atoms with van der Waals surface area (Å²) in [6.45, 7) is 6.98. The third kappa shape index (κ3) is 6.65. The van der Waals surface area contributed by atoms with Gasteiger partial charge in [-0.2, -0.15) is 5.10 Å². The van der Waals surface area contributed by atoms with Gasteiger partial charge in [0, 0.05) is 25.8 Å². The fourth-order valence-electron chi connectivity index (χ4n) is 4.09. The van der Waals surface area contributed by atoms with Gasteiger partial charge in [0.2, 0.25) is 11.8 Å². The van der Waals surface area contributed by atoms with Crippen molar-refractivity contribution in [2.45, 2.75) is 39.2 Å². The second kappa shape index (κ2) is 12.2. The summed E-state index contributed by atoms with van der Waals surface area (Å²) in [5, 5.41) is 8.97. The summed E-state index contributed by atoms with van der Waals surface area (Å²) in [5.41, 5.74) is 3.04. The molecule has 176 valence electrons.